The molecular formula is C11H10FN5O2. The number of hydrogen-bond donors (Lipinski definition) is 1. The van der Waals surface area contributed by atoms with Crippen LogP contribution in [0.5, 0.6) is 0 Å². The van der Waals surface area contributed by atoms with E-state index in [-0.39, 0.29) is 5.69 Å². The second-order valence-corrected chi connectivity index (χ2v) is 3.41. The van der Waals surface area contributed by atoms with Gasteiger partial charge in [-0.25, -0.2) is 18.9 Å². The molecule has 0 atom stereocenters. The van der Waals surface area contributed by atoms with Gasteiger partial charge in [0, 0.05) is 7.05 Å². The third-order valence-corrected chi connectivity index (χ3v) is 2.18. The normalized spacial score (nSPS) is 10.6. The molecule has 2 rings (SSSR count). The fourth-order valence-electron chi connectivity index (χ4n) is 1.30. The molecule has 1 aromatic carbocycles. The smallest absolute Gasteiger partial charge is 0.323 e. The van der Waals surface area contributed by atoms with E-state index in [9.17, 15) is 9.18 Å². The van der Waals surface area contributed by atoms with E-state index < -0.39 is 11.9 Å². The number of hydrogen-bond acceptors (Lipinski definition) is 5. The minimum absolute atomic E-state index is 0.266. The molecule has 98 valence electrons. The zero-order valence-electron chi connectivity index (χ0n) is 9.95. The monoisotopic (exact) mass is 263 g/mol. The standard InChI is InChI=1S/C11H10FN5O2/c1-13-11(18)19-16-5-8-2-3-10(9(12)4-8)17-7-14-6-15-17/h2-7H,1H3,(H,13,18)/b16-5+. The van der Waals surface area contributed by atoms with Crippen LogP contribution in [-0.4, -0.2) is 34.1 Å². The maximum absolute atomic E-state index is 13.8. The molecule has 0 aliphatic heterocycles. The Morgan fingerprint density at radius 3 is 3.05 bits per heavy atom. The van der Waals surface area contributed by atoms with Crippen LogP contribution in [0.3, 0.4) is 0 Å². The lowest BCUT2D eigenvalue weighted by atomic mass is 10.2. The fourth-order valence-corrected chi connectivity index (χ4v) is 1.30. The van der Waals surface area contributed by atoms with Gasteiger partial charge in [-0.05, 0) is 17.7 Å². The van der Waals surface area contributed by atoms with Gasteiger partial charge in [0.1, 0.15) is 24.2 Å². The number of aromatic nitrogens is 3. The van der Waals surface area contributed by atoms with Crippen LogP contribution in [0.25, 0.3) is 5.69 Å². The average Bonchev–Trinajstić information content (AvgIpc) is 2.92. The quantitative estimate of drug-likeness (QED) is 0.510. The summed E-state index contributed by atoms with van der Waals surface area (Å²) in [6.45, 7) is 0. The maximum atomic E-state index is 13.8. The molecule has 0 saturated carbocycles. The fraction of sp³-hybridized carbons (Fsp3) is 0.0909. The molecule has 0 bridgehead atoms. The van der Waals surface area contributed by atoms with Crippen LogP contribution in [0.1, 0.15) is 5.56 Å². The Hall–Kier alpha value is -2.77. The van der Waals surface area contributed by atoms with Gasteiger partial charge < -0.3 is 5.32 Å². The van der Waals surface area contributed by atoms with Gasteiger partial charge in [0.05, 0.1) is 6.21 Å². The predicted molar refractivity (Wildman–Crippen MR) is 64.5 cm³/mol. The first kappa shape index (κ1) is 12.7. The summed E-state index contributed by atoms with van der Waals surface area (Å²) in [5, 5.41) is 9.46. The van der Waals surface area contributed by atoms with Crippen molar-refractivity contribution in [1.29, 1.82) is 0 Å². The van der Waals surface area contributed by atoms with E-state index in [2.05, 4.69) is 25.4 Å². The molecule has 19 heavy (non-hydrogen) atoms. The number of nitrogens with one attached hydrogen (secondary N) is 1. The van der Waals surface area contributed by atoms with Gasteiger partial charge >= 0.3 is 6.09 Å². The van der Waals surface area contributed by atoms with E-state index in [4.69, 9.17) is 0 Å². The number of amides is 1. The van der Waals surface area contributed by atoms with Gasteiger partial charge in [0.2, 0.25) is 0 Å². The summed E-state index contributed by atoms with van der Waals surface area (Å²) in [5.41, 5.74) is 0.715. The van der Waals surface area contributed by atoms with Crippen molar-refractivity contribution in [2.24, 2.45) is 5.16 Å². The van der Waals surface area contributed by atoms with Gasteiger partial charge in [-0.2, -0.15) is 5.10 Å². The minimum Gasteiger partial charge on any atom is -0.323 e. The van der Waals surface area contributed by atoms with E-state index in [1.807, 2.05) is 0 Å². The van der Waals surface area contributed by atoms with Crippen LogP contribution in [-0.2, 0) is 4.84 Å². The molecule has 1 amide bonds. The van der Waals surface area contributed by atoms with Crippen LogP contribution >= 0.6 is 0 Å². The Balaban J connectivity index is 2.13. The molecule has 0 saturated heterocycles. The Bertz CT molecular complexity index is 597. The second-order valence-electron chi connectivity index (χ2n) is 3.41. The van der Waals surface area contributed by atoms with Crippen LogP contribution in [0.15, 0.2) is 36.0 Å². The molecule has 2 aromatic rings. The highest BCUT2D eigenvalue weighted by molar-refractivity contribution is 5.80. The molecule has 8 heteroatoms. The van der Waals surface area contributed by atoms with Crippen molar-refractivity contribution >= 4 is 12.3 Å². The lowest BCUT2D eigenvalue weighted by Crippen LogP contribution is -2.16. The molecule has 7 nitrogen and oxygen atoms in total. The first-order chi connectivity index (χ1) is 9.20. The van der Waals surface area contributed by atoms with E-state index in [0.717, 1.165) is 0 Å². The third-order valence-electron chi connectivity index (χ3n) is 2.18. The molecule has 0 aliphatic carbocycles. The van der Waals surface area contributed by atoms with Crippen molar-refractivity contribution in [2.45, 2.75) is 0 Å². The molecule has 1 heterocycles. The number of carbonyl (C=O) groups is 1. The van der Waals surface area contributed by atoms with Gasteiger partial charge in [-0.1, -0.05) is 11.2 Å². The Labute approximate surface area is 107 Å². The summed E-state index contributed by atoms with van der Waals surface area (Å²) in [6, 6.07) is 4.37. The van der Waals surface area contributed by atoms with Crippen molar-refractivity contribution in [3.05, 3.63) is 42.2 Å². The predicted octanol–water partition coefficient (Wildman–Crippen LogP) is 1.10. The molecule has 1 N–H and O–H groups in total. The molecule has 0 unspecified atom stereocenters. The highest BCUT2D eigenvalue weighted by Gasteiger charge is 2.05. The van der Waals surface area contributed by atoms with Gasteiger partial charge in [0.15, 0.2) is 0 Å². The number of benzene rings is 1. The lowest BCUT2D eigenvalue weighted by molar-refractivity contribution is 0.154. The lowest BCUT2D eigenvalue weighted by Gasteiger charge is -2.02. The number of oxime groups is 1. The first-order valence-electron chi connectivity index (χ1n) is 5.27. The molecule has 0 spiro atoms. The average molecular weight is 263 g/mol. The molecule has 0 aliphatic rings. The van der Waals surface area contributed by atoms with E-state index in [0.29, 0.717) is 5.56 Å². The molecular weight excluding hydrogens is 253 g/mol. The second kappa shape index (κ2) is 5.71. The van der Waals surface area contributed by atoms with Crippen molar-refractivity contribution < 1.29 is 14.0 Å². The maximum Gasteiger partial charge on any atom is 0.433 e. The highest BCUT2D eigenvalue weighted by atomic mass is 19.1. The van der Waals surface area contributed by atoms with Crippen molar-refractivity contribution in [3.63, 3.8) is 0 Å². The largest absolute Gasteiger partial charge is 0.433 e. The third kappa shape index (κ3) is 3.12. The molecule has 0 fully saturated rings. The highest BCUT2D eigenvalue weighted by Crippen LogP contribution is 2.12. The SMILES string of the molecule is CNC(=O)O/N=C/c1ccc(-n2cncn2)c(F)c1. The minimum atomic E-state index is -0.698. The molecule has 0 radical (unpaired) electrons. The van der Waals surface area contributed by atoms with Crippen LogP contribution in [0.4, 0.5) is 9.18 Å². The summed E-state index contributed by atoms with van der Waals surface area (Å²) in [5.74, 6) is -0.491. The van der Waals surface area contributed by atoms with Crippen molar-refractivity contribution in [3.8, 4) is 5.69 Å². The summed E-state index contributed by atoms with van der Waals surface area (Å²) in [6.07, 6.45) is 3.23. The summed E-state index contributed by atoms with van der Waals surface area (Å²) in [7, 11) is 1.41. The van der Waals surface area contributed by atoms with Crippen molar-refractivity contribution in [2.75, 3.05) is 7.05 Å². The van der Waals surface area contributed by atoms with Crippen LogP contribution in [0, 0.1) is 5.82 Å². The van der Waals surface area contributed by atoms with E-state index in [1.54, 1.807) is 6.07 Å². The van der Waals surface area contributed by atoms with E-state index in [1.165, 1.54) is 42.7 Å². The Morgan fingerprint density at radius 2 is 2.42 bits per heavy atom. The van der Waals surface area contributed by atoms with Gasteiger partial charge in [-0.15, -0.1) is 0 Å². The summed E-state index contributed by atoms with van der Waals surface area (Å²) >= 11 is 0. The Morgan fingerprint density at radius 1 is 1.58 bits per heavy atom. The van der Waals surface area contributed by atoms with E-state index >= 15 is 0 Å². The zero-order valence-corrected chi connectivity index (χ0v) is 9.95. The number of nitrogens with zero attached hydrogens (tertiary/aromatic N) is 4. The van der Waals surface area contributed by atoms with Gasteiger partial charge in [-0.3, -0.25) is 4.84 Å². The zero-order chi connectivity index (χ0) is 13.7. The van der Waals surface area contributed by atoms with Crippen LogP contribution < -0.4 is 5.32 Å². The Kier molecular flexibility index (Phi) is 3.81. The first-order valence-corrected chi connectivity index (χ1v) is 5.27. The molecule has 1 aromatic heterocycles. The summed E-state index contributed by atoms with van der Waals surface area (Å²) < 4.78 is 15.1. The number of rotatable bonds is 3. The summed E-state index contributed by atoms with van der Waals surface area (Å²) in [4.78, 5) is 18.9. The number of halogens is 1. The number of carbonyl (C=O) groups excluding carboxylic acids is 1. The van der Waals surface area contributed by atoms with Gasteiger partial charge in [0.25, 0.3) is 0 Å². The van der Waals surface area contributed by atoms with Crippen LogP contribution in [0.2, 0.25) is 0 Å². The van der Waals surface area contributed by atoms with Crippen molar-refractivity contribution in [1.82, 2.24) is 20.1 Å². The topological polar surface area (TPSA) is 81.4 Å².